The summed E-state index contributed by atoms with van der Waals surface area (Å²) in [6, 6.07) is 13.1. The number of phenolic OH excluding ortho intramolecular Hbond substituents is 2. The quantitative estimate of drug-likeness (QED) is 0.252. The Labute approximate surface area is 179 Å². The molecule has 0 aliphatic rings. The number of aromatic hydroxyl groups is 2. The van der Waals surface area contributed by atoms with Crippen molar-refractivity contribution in [2.75, 3.05) is 11.5 Å². The third kappa shape index (κ3) is 3.76. The average molecular weight is 430 g/mol. The Hall–Kier alpha value is -3.35. The minimum atomic E-state index is -4.80. The monoisotopic (exact) mass is 430 g/mol. The first-order valence-electron chi connectivity index (χ1n) is 9.64. The van der Waals surface area contributed by atoms with Crippen molar-refractivity contribution in [2.24, 2.45) is 0 Å². The van der Waals surface area contributed by atoms with Gasteiger partial charge < -0.3 is 21.7 Å². The van der Waals surface area contributed by atoms with E-state index in [0.29, 0.717) is 0 Å². The van der Waals surface area contributed by atoms with Gasteiger partial charge in [-0.15, -0.1) is 0 Å². The van der Waals surface area contributed by atoms with Crippen LogP contribution in [0.15, 0.2) is 60.7 Å². The van der Waals surface area contributed by atoms with Gasteiger partial charge in [-0.25, -0.2) is 0 Å². The van der Waals surface area contributed by atoms with Crippen molar-refractivity contribution >= 4 is 11.4 Å². The number of nitrogen functional groups attached to an aromatic ring is 2. The highest BCUT2D eigenvalue weighted by Gasteiger charge is 2.58. The topological polar surface area (TPSA) is 92.5 Å². The standard InChI is InChI=1S/C24H25F3N2O2/c1-22(2,3)14-4-6-15(7-5-14)23(24(25,26)27,16-8-10-20(30)18(28)12-16)17-9-11-21(31)19(29)13-17/h4-13,30-31H,28-29H2,1-3H3. The summed E-state index contributed by atoms with van der Waals surface area (Å²) in [6.45, 7) is 5.92. The summed E-state index contributed by atoms with van der Waals surface area (Å²) in [6.07, 6.45) is -4.80. The average Bonchev–Trinajstić information content (AvgIpc) is 2.66. The number of hydrogen-bond acceptors (Lipinski definition) is 4. The van der Waals surface area contributed by atoms with E-state index in [0.717, 1.165) is 29.8 Å². The van der Waals surface area contributed by atoms with Gasteiger partial charge in [0.2, 0.25) is 0 Å². The van der Waals surface area contributed by atoms with Crippen molar-refractivity contribution in [3.63, 3.8) is 0 Å². The van der Waals surface area contributed by atoms with Crippen molar-refractivity contribution < 1.29 is 23.4 Å². The summed E-state index contributed by atoms with van der Waals surface area (Å²) in [7, 11) is 0. The molecule has 4 nitrogen and oxygen atoms in total. The zero-order valence-corrected chi connectivity index (χ0v) is 17.5. The van der Waals surface area contributed by atoms with Crippen LogP contribution in [-0.4, -0.2) is 16.4 Å². The molecule has 0 aliphatic carbocycles. The van der Waals surface area contributed by atoms with Crippen LogP contribution in [0.4, 0.5) is 24.5 Å². The molecule has 7 heteroatoms. The van der Waals surface area contributed by atoms with E-state index in [-0.39, 0.29) is 45.0 Å². The predicted octanol–water partition coefficient (Wildman–Crippen LogP) is 5.46. The van der Waals surface area contributed by atoms with Gasteiger partial charge in [0.15, 0.2) is 0 Å². The van der Waals surface area contributed by atoms with Gasteiger partial charge in [-0.2, -0.15) is 13.2 Å². The number of alkyl halides is 3. The molecule has 0 heterocycles. The van der Waals surface area contributed by atoms with E-state index in [9.17, 15) is 10.2 Å². The number of phenols is 2. The van der Waals surface area contributed by atoms with E-state index in [1.165, 1.54) is 24.3 Å². The van der Waals surface area contributed by atoms with E-state index in [1.54, 1.807) is 12.1 Å². The first-order chi connectivity index (χ1) is 14.3. The molecule has 0 radical (unpaired) electrons. The fraction of sp³-hybridized carbons (Fsp3) is 0.250. The summed E-state index contributed by atoms with van der Waals surface area (Å²) in [5.74, 6) is -0.624. The largest absolute Gasteiger partial charge is 0.506 e. The van der Waals surface area contributed by atoms with E-state index >= 15 is 13.2 Å². The maximum absolute atomic E-state index is 15.0. The maximum atomic E-state index is 15.0. The van der Waals surface area contributed by atoms with Crippen LogP contribution in [0.2, 0.25) is 0 Å². The minimum absolute atomic E-state index is 0.0387. The summed E-state index contributed by atoms with van der Waals surface area (Å²) in [4.78, 5) is 0. The van der Waals surface area contributed by atoms with Crippen molar-refractivity contribution in [3.05, 3.63) is 82.9 Å². The van der Waals surface area contributed by atoms with E-state index in [1.807, 2.05) is 20.8 Å². The number of rotatable bonds is 3. The summed E-state index contributed by atoms with van der Waals surface area (Å²) in [5.41, 5.74) is 8.79. The van der Waals surface area contributed by atoms with Crippen molar-refractivity contribution in [1.82, 2.24) is 0 Å². The Morgan fingerprint density at radius 3 is 1.29 bits per heavy atom. The SMILES string of the molecule is CC(C)(C)c1ccc(C(c2ccc(O)c(N)c2)(c2ccc(O)c(N)c2)C(F)(F)F)cc1. The van der Waals surface area contributed by atoms with Crippen molar-refractivity contribution in [2.45, 2.75) is 37.8 Å². The Morgan fingerprint density at radius 2 is 0.968 bits per heavy atom. The number of nitrogens with two attached hydrogens (primary N) is 2. The number of benzene rings is 3. The van der Waals surface area contributed by atoms with Gasteiger partial charge in [-0.1, -0.05) is 57.2 Å². The van der Waals surface area contributed by atoms with Crippen molar-refractivity contribution in [3.8, 4) is 11.5 Å². The Morgan fingerprint density at radius 1 is 0.613 bits per heavy atom. The lowest BCUT2D eigenvalue weighted by atomic mass is 9.68. The molecule has 0 spiro atoms. The number of halogens is 3. The number of anilines is 2. The molecule has 0 amide bonds. The van der Waals surface area contributed by atoms with Gasteiger partial charge >= 0.3 is 6.18 Å². The zero-order valence-electron chi connectivity index (χ0n) is 17.5. The molecule has 0 aromatic heterocycles. The van der Waals surface area contributed by atoms with Gasteiger partial charge in [-0.05, 0) is 51.9 Å². The lowest BCUT2D eigenvalue weighted by Gasteiger charge is -2.38. The van der Waals surface area contributed by atoms with Crippen LogP contribution in [0.3, 0.4) is 0 Å². The van der Waals surface area contributed by atoms with Crippen LogP contribution in [0.25, 0.3) is 0 Å². The predicted molar refractivity (Wildman–Crippen MR) is 116 cm³/mol. The normalized spacial score (nSPS) is 12.7. The smallest absolute Gasteiger partial charge is 0.406 e. The minimum Gasteiger partial charge on any atom is -0.506 e. The van der Waals surface area contributed by atoms with Gasteiger partial charge in [-0.3, -0.25) is 0 Å². The molecule has 3 aromatic rings. The molecule has 6 N–H and O–H groups in total. The molecule has 0 bridgehead atoms. The van der Waals surface area contributed by atoms with Crippen LogP contribution in [0, 0.1) is 0 Å². The highest BCUT2D eigenvalue weighted by Crippen LogP contribution is 2.52. The van der Waals surface area contributed by atoms with Gasteiger partial charge in [0.25, 0.3) is 0 Å². The zero-order chi connectivity index (χ0) is 23.2. The summed E-state index contributed by atoms with van der Waals surface area (Å²) < 4.78 is 45.1. The molecule has 3 rings (SSSR count). The molecule has 0 unspecified atom stereocenters. The van der Waals surface area contributed by atoms with Crippen LogP contribution in [0.1, 0.15) is 43.0 Å². The lowest BCUT2D eigenvalue weighted by molar-refractivity contribution is -0.166. The van der Waals surface area contributed by atoms with Crippen LogP contribution < -0.4 is 11.5 Å². The fourth-order valence-electron chi connectivity index (χ4n) is 3.79. The first kappa shape index (κ1) is 22.3. The van der Waals surface area contributed by atoms with E-state index in [4.69, 9.17) is 11.5 Å². The van der Waals surface area contributed by atoms with Crippen molar-refractivity contribution in [1.29, 1.82) is 0 Å². The fourth-order valence-corrected chi connectivity index (χ4v) is 3.79. The molecule has 0 saturated heterocycles. The molecule has 0 aliphatic heterocycles. The van der Waals surface area contributed by atoms with Gasteiger partial charge in [0.1, 0.15) is 16.9 Å². The highest BCUT2D eigenvalue weighted by atomic mass is 19.4. The van der Waals surface area contributed by atoms with Crippen LogP contribution in [-0.2, 0) is 10.8 Å². The second kappa shape index (κ2) is 7.41. The number of hydrogen-bond donors (Lipinski definition) is 4. The molecule has 164 valence electrons. The van der Waals surface area contributed by atoms with E-state index < -0.39 is 11.6 Å². The second-order valence-corrected chi connectivity index (χ2v) is 8.62. The third-order valence-corrected chi connectivity index (χ3v) is 5.53. The highest BCUT2D eigenvalue weighted by molar-refractivity contribution is 5.64. The molecule has 0 atom stereocenters. The summed E-state index contributed by atoms with van der Waals surface area (Å²) in [5, 5.41) is 19.6. The lowest BCUT2D eigenvalue weighted by Crippen LogP contribution is -2.44. The van der Waals surface area contributed by atoms with Crippen LogP contribution >= 0.6 is 0 Å². The Bertz CT molecular complexity index is 1050. The van der Waals surface area contributed by atoms with E-state index in [2.05, 4.69) is 0 Å². The summed E-state index contributed by atoms with van der Waals surface area (Å²) >= 11 is 0. The molecule has 31 heavy (non-hydrogen) atoms. The molecule has 0 fully saturated rings. The molecule has 0 saturated carbocycles. The Kier molecular flexibility index (Phi) is 5.34. The molecular weight excluding hydrogens is 405 g/mol. The molecular formula is C24H25F3N2O2. The van der Waals surface area contributed by atoms with Gasteiger partial charge in [0, 0.05) is 0 Å². The third-order valence-electron chi connectivity index (χ3n) is 5.53. The molecule has 3 aromatic carbocycles. The maximum Gasteiger partial charge on any atom is 0.406 e. The first-order valence-corrected chi connectivity index (χ1v) is 9.64. The second-order valence-electron chi connectivity index (χ2n) is 8.62. The van der Waals surface area contributed by atoms with Gasteiger partial charge in [0.05, 0.1) is 11.4 Å². The van der Waals surface area contributed by atoms with Crippen LogP contribution in [0.5, 0.6) is 11.5 Å². The Balaban J connectivity index is 2.43.